The Hall–Kier alpha value is -1.80. The Balaban J connectivity index is 1.51. The summed E-state index contributed by atoms with van der Waals surface area (Å²) < 4.78 is 7.84. The lowest BCUT2D eigenvalue weighted by Crippen LogP contribution is -2.50. The van der Waals surface area contributed by atoms with Crippen LogP contribution in [0.25, 0.3) is 11.6 Å². The molecule has 1 saturated heterocycles. The summed E-state index contributed by atoms with van der Waals surface area (Å²) >= 11 is 1.53. The maximum atomic E-state index is 13.0. The van der Waals surface area contributed by atoms with E-state index in [1.807, 2.05) is 24.0 Å². The summed E-state index contributed by atoms with van der Waals surface area (Å²) in [5.41, 5.74) is 0. The van der Waals surface area contributed by atoms with Crippen molar-refractivity contribution in [2.75, 3.05) is 32.7 Å². The first-order valence-corrected chi connectivity index (χ1v) is 11.7. The van der Waals surface area contributed by atoms with Gasteiger partial charge >= 0.3 is 0 Å². The molecule has 2 aromatic heterocycles. The first-order valence-electron chi connectivity index (χ1n) is 10.8. The number of furan rings is 1. The molecule has 0 N–H and O–H groups in total. The molecule has 158 valence electrons. The van der Waals surface area contributed by atoms with Crippen molar-refractivity contribution in [3.63, 3.8) is 0 Å². The van der Waals surface area contributed by atoms with Crippen LogP contribution in [0.15, 0.2) is 28.0 Å². The van der Waals surface area contributed by atoms with Crippen molar-refractivity contribution in [1.29, 1.82) is 0 Å². The molecule has 1 aliphatic heterocycles. The molecule has 1 saturated carbocycles. The maximum absolute atomic E-state index is 13.0. The van der Waals surface area contributed by atoms with Gasteiger partial charge in [-0.2, -0.15) is 0 Å². The van der Waals surface area contributed by atoms with Crippen LogP contribution >= 0.6 is 11.8 Å². The zero-order valence-corrected chi connectivity index (χ0v) is 18.2. The number of thioether (sulfide) groups is 1. The molecule has 2 aromatic rings. The number of likely N-dealkylation sites (N-methyl/N-ethyl adjacent to an activating group) is 1. The summed E-state index contributed by atoms with van der Waals surface area (Å²) in [5, 5.41) is 9.57. The molecule has 3 heterocycles. The Morgan fingerprint density at radius 1 is 1.21 bits per heavy atom. The van der Waals surface area contributed by atoms with E-state index in [1.54, 1.807) is 6.26 Å². The third-order valence-corrected chi connectivity index (χ3v) is 7.15. The second-order valence-electron chi connectivity index (χ2n) is 7.96. The summed E-state index contributed by atoms with van der Waals surface area (Å²) in [4.78, 5) is 17.4. The van der Waals surface area contributed by atoms with Crippen molar-refractivity contribution in [2.24, 2.45) is 0 Å². The molecule has 2 fully saturated rings. The summed E-state index contributed by atoms with van der Waals surface area (Å²) in [6, 6.07) is 4.18. The molecule has 7 nitrogen and oxygen atoms in total. The summed E-state index contributed by atoms with van der Waals surface area (Å²) in [6.45, 7) is 8.75. The summed E-state index contributed by atoms with van der Waals surface area (Å²) in [6.07, 6.45) is 7.66. The molecule has 0 spiro atoms. The Kier molecular flexibility index (Phi) is 6.60. The van der Waals surface area contributed by atoms with Crippen LogP contribution in [-0.2, 0) is 4.79 Å². The first kappa shape index (κ1) is 20.5. The summed E-state index contributed by atoms with van der Waals surface area (Å²) in [5.74, 6) is 1.72. The highest BCUT2D eigenvalue weighted by Crippen LogP contribution is 2.37. The molecule has 8 heteroatoms. The van der Waals surface area contributed by atoms with Gasteiger partial charge in [-0.05, 0) is 38.4 Å². The van der Waals surface area contributed by atoms with Crippen molar-refractivity contribution >= 4 is 17.7 Å². The monoisotopic (exact) mass is 417 g/mol. The molecule has 1 unspecified atom stereocenters. The standard InChI is InChI=1S/C21H31N5O2S/c1-3-24-11-13-25(14-12-24)20(27)16(2)29-21-23-22-19(18-10-7-15-28-18)26(21)17-8-5-4-6-9-17/h7,10,15-17H,3-6,8-9,11-14H2,1-2H3. The van der Waals surface area contributed by atoms with E-state index in [9.17, 15) is 4.79 Å². The predicted molar refractivity (Wildman–Crippen MR) is 114 cm³/mol. The fraction of sp³-hybridized carbons (Fsp3) is 0.667. The average Bonchev–Trinajstić information content (AvgIpc) is 3.43. The van der Waals surface area contributed by atoms with E-state index in [1.165, 1.54) is 31.0 Å². The van der Waals surface area contributed by atoms with Gasteiger partial charge in [0.1, 0.15) is 0 Å². The molecule has 0 radical (unpaired) electrons. The Morgan fingerprint density at radius 3 is 2.62 bits per heavy atom. The molecular weight excluding hydrogens is 386 g/mol. The van der Waals surface area contributed by atoms with Gasteiger partial charge in [-0.3, -0.25) is 9.36 Å². The van der Waals surface area contributed by atoms with E-state index in [-0.39, 0.29) is 11.2 Å². The number of hydrogen-bond donors (Lipinski definition) is 0. The highest BCUT2D eigenvalue weighted by Gasteiger charge is 2.30. The van der Waals surface area contributed by atoms with Gasteiger partial charge in [0, 0.05) is 32.2 Å². The highest BCUT2D eigenvalue weighted by atomic mass is 32.2. The van der Waals surface area contributed by atoms with Crippen molar-refractivity contribution in [3.05, 3.63) is 18.4 Å². The lowest BCUT2D eigenvalue weighted by Gasteiger charge is -2.35. The predicted octanol–water partition coefficient (Wildman–Crippen LogP) is 3.69. The Bertz CT molecular complexity index is 792. The van der Waals surface area contributed by atoms with Crippen molar-refractivity contribution in [3.8, 4) is 11.6 Å². The molecule has 0 aromatic carbocycles. The van der Waals surface area contributed by atoms with Crippen LogP contribution in [-0.4, -0.2) is 68.4 Å². The van der Waals surface area contributed by atoms with E-state index in [4.69, 9.17) is 4.42 Å². The molecule has 1 atom stereocenters. The average molecular weight is 418 g/mol. The van der Waals surface area contributed by atoms with Crippen LogP contribution in [0.4, 0.5) is 0 Å². The fourth-order valence-electron chi connectivity index (χ4n) is 4.35. The quantitative estimate of drug-likeness (QED) is 0.668. The van der Waals surface area contributed by atoms with Crippen LogP contribution < -0.4 is 0 Å². The van der Waals surface area contributed by atoms with Crippen molar-refractivity contribution < 1.29 is 9.21 Å². The Labute approximate surface area is 176 Å². The van der Waals surface area contributed by atoms with E-state index in [0.717, 1.165) is 62.3 Å². The minimum absolute atomic E-state index is 0.181. The first-order chi connectivity index (χ1) is 14.2. The van der Waals surface area contributed by atoms with Gasteiger partial charge in [0.25, 0.3) is 0 Å². The zero-order chi connectivity index (χ0) is 20.2. The minimum atomic E-state index is -0.181. The third-order valence-electron chi connectivity index (χ3n) is 6.11. The second kappa shape index (κ2) is 9.34. The molecule has 1 amide bonds. The normalized spacial score (nSPS) is 20.1. The topological polar surface area (TPSA) is 67.4 Å². The van der Waals surface area contributed by atoms with Gasteiger partial charge in [0.05, 0.1) is 11.5 Å². The number of hydrogen-bond acceptors (Lipinski definition) is 6. The van der Waals surface area contributed by atoms with E-state index in [2.05, 4.69) is 26.6 Å². The van der Waals surface area contributed by atoms with Crippen LogP contribution in [0.1, 0.15) is 52.0 Å². The Morgan fingerprint density at radius 2 is 1.97 bits per heavy atom. The lowest BCUT2D eigenvalue weighted by molar-refractivity contribution is -0.132. The molecule has 4 rings (SSSR count). The van der Waals surface area contributed by atoms with Crippen LogP contribution in [0, 0.1) is 0 Å². The number of nitrogens with zero attached hydrogens (tertiary/aromatic N) is 5. The minimum Gasteiger partial charge on any atom is -0.461 e. The number of carbonyl (C=O) groups excluding carboxylic acids is 1. The van der Waals surface area contributed by atoms with Gasteiger partial charge in [0.15, 0.2) is 10.9 Å². The summed E-state index contributed by atoms with van der Waals surface area (Å²) in [7, 11) is 0. The van der Waals surface area contributed by atoms with E-state index in [0.29, 0.717) is 6.04 Å². The largest absolute Gasteiger partial charge is 0.461 e. The molecule has 0 bridgehead atoms. The zero-order valence-electron chi connectivity index (χ0n) is 17.4. The van der Waals surface area contributed by atoms with Gasteiger partial charge in [-0.1, -0.05) is 37.9 Å². The van der Waals surface area contributed by atoms with Gasteiger partial charge < -0.3 is 14.2 Å². The number of piperazine rings is 1. The SMILES string of the molecule is CCN1CCN(C(=O)C(C)Sc2nnc(-c3ccco3)n2C2CCCCC2)CC1. The number of rotatable bonds is 6. The van der Waals surface area contributed by atoms with Gasteiger partial charge in [-0.15, -0.1) is 10.2 Å². The number of carbonyl (C=O) groups is 1. The molecular formula is C21H31N5O2S. The second-order valence-corrected chi connectivity index (χ2v) is 9.27. The van der Waals surface area contributed by atoms with Crippen LogP contribution in [0.5, 0.6) is 0 Å². The highest BCUT2D eigenvalue weighted by molar-refractivity contribution is 8.00. The van der Waals surface area contributed by atoms with Gasteiger partial charge in [0.2, 0.25) is 11.7 Å². The number of aromatic nitrogens is 3. The van der Waals surface area contributed by atoms with Crippen molar-refractivity contribution in [1.82, 2.24) is 24.6 Å². The van der Waals surface area contributed by atoms with Crippen molar-refractivity contribution in [2.45, 2.75) is 62.4 Å². The van der Waals surface area contributed by atoms with Crippen LogP contribution in [0.3, 0.4) is 0 Å². The maximum Gasteiger partial charge on any atom is 0.235 e. The number of amides is 1. The van der Waals surface area contributed by atoms with Crippen LogP contribution in [0.2, 0.25) is 0 Å². The lowest BCUT2D eigenvalue weighted by atomic mass is 9.95. The third kappa shape index (κ3) is 4.53. The molecule has 29 heavy (non-hydrogen) atoms. The molecule has 1 aliphatic carbocycles. The van der Waals surface area contributed by atoms with Gasteiger partial charge in [-0.25, -0.2) is 0 Å². The fourth-order valence-corrected chi connectivity index (χ4v) is 5.35. The van der Waals surface area contributed by atoms with E-state index >= 15 is 0 Å². The van der Waals surface area contributed by atoms with E-state index < -0.39 is 0 Å². The molecule has 2 aliphatic rings. The smallest absolute Gasteiger partial charge is 0.235 e.